The Balaban J connectivity index is 0.000000135. The number of pyridine rings is 3. The highest BCUT2D eigenvalue weighted by Gasteiger charge is 2.52. The van der Waals surface area contributed by atoms with Crippen molar-refractivity contribution in [3.05, 3.63) is 175 Å². The summed E-state index contributed by atoms with van der Waals surface area (Å²) in [5.74, 6) is 0.186. The van der Waals surface area contributed by atoms with Crippen molar-refractivity contribution in [2.24, 2.45) is 16.2 Å². The van der Waals surface area contributed by atoms with E-state index < -0.39 is 41.9 Å². The van der Waals surface area contributed by atoms with Crippen LogP contribution in [0, 0.1) is 35.9 Å². The molecule has 3 aromatic heterocycles. The summed E-state index contributed by atoms with van der Waals surface area (Å²) >= 11 is 0. The first-order valence-electron chi connectivity index (χ1n) is 43.1. The van der Waals surface area contributed by atoms with Gasteiger partial charge < -0.3 is 59.7 Å². The van der Waals surface area contributed by atoms with E-state index in [1.807, 2.05) is 18.7 Å². The highest BCUT2D eigenvalue weighted by molar-refractivity contribution is 5.78. The maximum Gasteiger partial charge on any atom is 0.325 e. The van der Waals surface area contributed by atoms with Crippen molar-refractivity contribution in [1.82, 2.24) is 29.7 Å². The highest BCUT2D eigenvalue weighted by Crippen LogP contribution is 2.59. The zero-order valence-corrected chi connectivity index (χ0v) is 67.7. The maximum absolute atomic E-state index is 14.3. The van der Waals surface area contributed by atoms with E-state index >= 15 is 0 Å². The summed E-state index contributed by atoms with van der Waals surface area (Å²) in [5, 5.41) is 41.1. The number of benzene rings is 3. The zero-order chi connectivity index (χ0) is 78.9. The third kappa shape index (κ3) is 20.5. The first-order chi connectivity index (χ1) is 55.3. The molecular weight excluding hydrogens is 1440 g/mol. The van der Waals surface area contributed by atoms with Gasteiger partial charge >= 0.3 is 17.9 Å². The number of carboxylic acid groups (broad SMARTS) is 3. The van der Waals surface area contributed by atoms with Crippen LogP contribution < -0.4 is 16.0 Å². The predicted octanol–water partition coefficient (Wildman–Crippen LogP) is 15.8. The molecule has 8 fully saturated rings. The Labute approximate surface area is 672 Å². The molecule has 9 atom stereocenters. The predicted molar refractivity (Wildman–Crippen MR) is 437 cm³/mol. The highest BCUT2D eigenvalue weighted by atomic mass is 19.1. The zero-order valence-electron chi connectivity index (χ0n) is 67.7. The first kappa shape index (κ1) is 81.6. The number of halogens is 1. The number of hydrogen-bond donors (Lipinski definition) is 6. The van der Waals surface area contributed by atoms with E-state index in [-0.39, 0.29) is 42.0 Å². The molecule has 2 saturated carbocycles. The van der Waals surface area contributed by atoms with Gasteiger partial charge in [-0.25, -0.2) is 19.3 Å². The molecule has 0 radical (unpaired) electrons. The number of anilines is 3. The van der Waals surface area contributed by atoms with Crippen LogP contribution in [0.3, 0.4) is 0 Å². The summed E-state index contributed by atoms with van der Waals surface area (Å²) in [4.78, 5) is 58.1. The number of hydrogen-bond acceptors (Lipinski definition) is 18. The molecule has 6 aromatic rings. The average molecular weight is 1570 g/mol. The van der Waals surface area contributed by atoms with Crippen molar-refractivity contribution in [2.75, 3.05) is 114 Å². The molecule has 22 heteroatoms. The molecule has 17 rings (SSSR count). The molecule has 3 unspecified atom stereocenters. The van der Waals surface area contributed by atoms with Gasteiger partial charge in [-0.2, -0.15) is 0 Å². The van der Waals surface area contributed by atoms with E-state index in [0.717, 1.165) is 241 Å². The lowest BCUT2D eigenvalue weighted by atomic mass is 9.86. The summed E-state index contributed by atoms with van der Waals surface area (Å²) in [5.41, 5.74) is 15.4. The molecule has 6 N–H and O–H groups in total. The van der Waals surface area contributed by atoms with Crippen molar-refractivity contribution in [3.63, 3.8) is 0 Å². The Morgan fingerprint density at radius 3 is 1.17 bits per heavy atom. The van der Waals surface area contributed by atoms with Gasteiger partial charge in [0.1, 0.15) is 41.4 Å². The SMILES string of the molecule is CC1(C)COC(c2ccc(F)cc2[C@@H](C(=O)O)N2CC[C@@H](OCCCCc3ccc4c(n3)NCCC4)C2)C1.Cc1ccc(C2CC3(CC3)CO2)c([C@@H](C(=O)O)N2CC[C@@H](OCCCCc3ccc4c(n3)NCCC4)C2)c1.Cc1ccc(C2CC3(CC3)CO2)c([C@H](C(=O)O)N2CC[C@@H](OCCCCc3ccc4c(n3)NCCC4)C2)c1. The van der Waals surface area contributed by atoms with E-state index in [0.29, 0.717) is 69.0 Å². The molecule has 9 aliphatic heterocycles. The minimum Gasteiger partial charge on any atom is -0.480 e. The Bertz CT molecular complexity index is 3910. The molecule has 2 spiro atoms. The second kappa shape index (κ2) is 37.0. The van der Waals surface area contributed by atoms with Crippen molar-refractivity contribution >= 4 is 35.4 Å². The smallest absolute Gasteiger partial charge is 0.325 e. The van der Waals surface area contributed by atoms with E-state index in [2.05, 4.69) is 112 Å². The fourth-order valence-electron chi connectivity index (χ4n) is 19.0. The van der Waals surface area contributed by atoms with E-state index in [4.69, 9.17) is 43.4 Å². The molecule has 12 heterocycles. The number of rotatable bonds is 30. The molecule has 3 aromatic carbocycles. The molecule has 21 nitrogen and oxygen atoms in total. The number of nitrogens with zero attached hydrogens (tertiary/aromatic N) is 6. The van der Waals surface area contributed by atoms with Gasteiger partial charge in [-0.3, -0.25) is 29.1 Å². The minimum absolute atomic E-state index is 0.00462. The number of aromatic nitrogens is 3. The number of aryl methyl sites for hydroxylation is 8. The second-order valence-corrected chi connectivity index (χ2v) is 35.7. The fourth-order valence-corrected chi connectivity index (χ4v) is 19.0. The van der Waals surface area contributed by atoms with Gasteiger partial charge in [0.2, 0.25) is 0 Å². The van der Waals surface area contributed by atoms with Gasteiger partial charge in [-0.1, -0.05) is 85.6 Å². The van der Waals surface area contributed by atoms with Crippen LogP contribution in [0.4, 0.5) is 21.8 Å². The van der Waals surface area contributed by atoms with Crippen molar-refractivity contribution in [3.8, 4) is 0 Å². The molecule has 6 saturated heterocycles. The third-order valence-electron chi connectivity index (χ3n) is 25.9. The van der Waals surface area contributed by atoms with Crippen LogP contribution >= 0.6 is 0 Å². The summed E-state index contributed by atoms with van der Waals surface area (Å²) in [6.45, 7) is 19.5. The van der Waals surface area contributed by atoms with E-state index in [1.54, 1.807) is 6.07 Å². The molecule has 0 amide bonds. The summed E-state index contributed by atoms with van der Waals surface area (Å²) in [7, 11) is 0. The number of fused-ring (bicyclic) bond motifs is 3. The Hall–Kier alpha value is -7.51. The third-order valence-corrected chi connectivity index (χ3v) is 25.9. The number of carbonyl (C=O) groups is 3. The number of carboxylic acids is 3. The molecule has 0 bridgehead atoms. The number of unbranched alkanes of at least 4 members (excludes halogenated alkanes) is 3. The van der Waals surface area contributed by atoms with Gasteiger partial charge in [-0.05, 0) is 271 Å². The van der Waals surface area contributed by atoms with Crippen LogP contribution in [-0.4, -0.2) is 180 Å². The van der Waals surface area contributed by atoms with E-state index in [1.165, 1.54) is 67.3 Å². The van der Waals surface area contributed by atoms with Gasteiger partial charge in [0.25, 0.3) is 0 Å². The number of nitrogens with one attached hydrogen (secondary N) is 3. The van der Waals surface area contributed by atoms with Crippen LogP contribution in [0.15, 0.2) is 91.0 Å². The van der Waals surface area contributed by atoms with Gasteiger partial charge in [0.05, 0.1) is 56.4 Å². The first-order valence-corrected chi connectivity index (χ1v) is 43.1. The second-order valence-electron chi connectivity index (χ2n) is 35.7. The molecule has 614 valence electrons. The van der Waals surface area contributed by atoms with Gasteiger partial charge in [0, 0.05) is 95.8 Å². The monoisotopic (exact) mass is 1560 g/mol. The number of aliphatic carboxylic acids is 3. The topological polar surface area (TPSA) is 252 Å². The largest absolute Gasteiger partial charge is 0.480 e. The van der Waals surface area contributed by atoms with Crippen LogP contribution in [0.5, 0.6) is 0 Å². The summed E-state index contributed by atoms with van der Waals surface area (Å²) in [6, 6.07) is 27.8. The number of likely N-dealkylation sites (tertiary alicyclic amines) is 3. The normalized spacial score (nSPS) is 24.4. The lowest BCUT2D eigenvalue weighted by Gasteiger charge is -2.28. The van der Waals surface area contributed by atoms with Crippen LogP contribution in [0.2, 0.25) is 0 Å². The summed E-state index contributed by atoms with van der Waals surface area (Å²) in [6.07, 6.45) is 25.8. The van der Waals surface area contributed by atoms with Crippen LogP contribution in [0.1, 0.15) is 251 Å². The molecular formula is C92H122FN9O12. The van der Waals surface area contributed by atoms with Crippen molar-refractivity contribution in [2.45, 2.75) is 243 Å². The Kier molecular flexibility index (Phi) is 26.5. The van der Waals surface area contributed by atoms with Gasteiger partial charge in [-0.15, -0.1) is 0 Å². The quantitative estimate of drug-likeness (QED) is 0.0229. The lowest BCUT2D eigenvalue weighted by molar-refractivity contribution is -0.144. The Morgan fingerprint density at radius 1 is 0.474 bits per heavy atom. The van der Waals surface area contributed by atoms with Crippen LogP contribution in [0.25, 0.3) is 0 Å². The number of ether oxygens (including phenoxy) is 6. The maximum atomic E-state index is 14.3. The average Bonchev–Trinajstić information content (AvgIpc) is 1.61. The molecule has 11 aliphatic rings. The van der Waals surface area contributed by atoms with Crippen LogP contribution in [-0.2, 0) is 81.3 Å². The Morgan fingerprint density at radius 2 is 0.825 bits per heavy atom. The minimum atomic E-state index is -0.971. The van der Waals surface area contributed by atoms with Crippen molar-refractivity contribution < 1.29 is 62.5 Å². The molecule has 2 aliphatic carbocycles. The molecule has 114 heavy (non-hydrogen) atoms. The fraction of sp³-hybridized carbons (Fsp3) is 0.609. The van der Waals surface area contributed by atoms with E-state index in [9.17, 15) is 34.1 Å². The lowest BCUT2D eigenvalue weighted by Crippen LogP contribution is -2.34. The standard InChI is InChI=1S/2C31H41N3O4.C30H40FN3O4/c2*1-21-7-10-25(27-18-31(12-13-31)20-38-27)26(17-21)28(30(35)36)34-15-11-24(19-34)37-16-3-2-6-23-9-8-22-5-4-14-32-29(22)33-23;1-30(2)17-26(38-19-30)24-11-9-21(31)16-25(24)27(29(35)36)34-14-12-23(18-34)37-15-4-3-7-22-10-8-20-6-5-13-32-28(20)33-22/h2*7-10,17,24,27-28H,2-6,11-16,18-20H2,1H3,(H,32,33)(H,35,36);8-11,16,23,26-27H,3-7,12-15,17-19H2,1-2H3,(H,32,33)(H,35,36)/t24-,27?,28+;24-,27?,28-;23-,26?,27+/m111/s1. The summed E-state index contributed by atoms with van der Waals surface area (Å²) < 4.78 is 51.3. The van der Waals surface area contributed by atoms with Gasteiger partial charge in [0.15, 0.2) is 0 Å². The van der Waals surface area contributed by atoms with Crippen molar-refractivity contribution in [1.29, 1.82) is 0 Å².